The summed E-state index contributed by atoms with van der Waals surface area (Å²) >= 11 is 1.19. The molecule has 0 unspecified atom stereocenters. The van der Waals surface area contributed by atoms with Crippen LogP contribution in [0.4, 0.5) is 21.9 Å². The van der Waals surface area contributed by atoms with Gasteiger partial charge in [-0.15, -0.1) is 11.3 Å². The highest BCUT2D eigenvalue weighted by Crippen LogP contribution is 2.46. The molecule has 45 heavy (non-hydrogen) atoms. The van der Waals surface area contributed by atoms with E-state index in [1.807, 2.05) is 61.5 Å². The highest BCUT2D eigenvalue weighted by atomic mass is 32.1. The molecule has 10 nitrogen and oxygen atoms in total. The second-order valence-electron chi connectivity index (χ2n) is 11.2. The number of hydrogen-bond acceptors (Lipinski definition) is 7. The normalized spacial score (nSPS) is 16.1. The monoisotopic (exact) mass is 616 g/mol. The molecule has 3 aliphatic rings. The van der Waals surface area contributed by atoms with Crippen molar-refractivity contribution < 1.29 is 19.1 Å². The minimum Gasteiger partial charge on any atom is -0.457 e. The maximum atomic E-state index is 13.6. The number of nitriles is 1. The van der Waals surface area contributed by atoms with Gasteiger partial charge in [-0.25, -0.2) is 9.78 Å². The van der Waals surface area contributed by atoms with Gasteiger partial charge in [0.1, 0.15) is 32.8 Å². The number of thiophene rings is 1. The van der Waals surface area contributed by atoms with Crippen molar-refractivity contribution in [3.8, 4) is 17.6 Å². The summed E-state index contributed by atoms with van der Waals surface area (Å²) in [5.74, 6) is 0.906. The SMILES string of the molecule is CC1=C(NC(=O)c2sc3nccc4c3c2NC(=O)N4c2ccc(Oc3ccccc3)cc2C)CCN1C(=O)/C(C#N)=C/C1CC1. The largest absolute Gasteiger partial charge is 0.457 e. The number of nitrogens with zero attached hydrogens (tertiary/aromatic N) is 4. The van der Waals surface area contributed by atoms with Gasteiger partial charge in [0.05, 0.1) is 22.4 Å². The average molecular weight is 617 g/mol. The van der Waals surface area contributed by atoms with Gasteiger partial charge in [0.25, 0.3) is 11.8 Å². The standard InChI is InChI=1S/C34H28N6O4S/c1-19-16-24(44-23-6-4-3-5-7-23)10-11-26(19)40-27-12-14-36-32-28(27)29(38-34(40)43)30(45-32)31(41)37-25-13-15-39(20(25)2)33(42)22(18-35)17-21-8-9-21/h3-7,10-12,14,16-17,21H,8-9,13,15H2,1-2H3,(H,37,41)(H,38,43)/b22-17+. The van der Waals surface area contributed by atoms with Crippen molar-refractivity contribution >= 4 is 56.5 Å². The first-order valence-corrected chi connectivity index (χ1v) is 15.4. The van der Waals surface area contributed by atoms with Gasteiger partial charge in [-0.05, 0) is 74.6 Å². The predicted octanol–water partition coefficient (Wildman–Crippen LogP) is 7.13. The Hall–Kier alpha value is -5.47. The third-order valence-electron chi connectivity index (χ3n) is 8.15. The lowest BCUT2D eigenvalue weighted by Gasteiger charge is -2.29. The Kier molecular flexibility index (Phi) is 7.06. The number of hydrogen-bond donors (Lipinski definition) is 2. The Morgan fingerprint density at radius 2 is 1.91 bits per heavy atom. The van der Waals surface area contributed by atoms with E-state index in [0.717, 1.165) is 18.4 Å². The van der Waals surface area contributed by atoms with Crippen molar-refractivity contribution in [1.82, 2.24) is 15.2 Å². The van der Waals surface area contributed by atoms with Gasteiger partial charge in [0, 0.05) is 30.6 Å². The van der Waals surface area contributed by atoms with Gasteiger partial charge < -0.3 is 20.3 Å². The van der Waals surface area contributed by atoms with E-state index in [1.54, 1.807) is 35.1 Å². The van der Waals surface area contributed by atoms with Crippen LogP contribution in [0.3, 0.4) is 0 Å². The van der Waals surface area contributed by atoms with Crippen LogP contribution < -0.4 is 20.3 Å². The lowest BCUT2D eigenvalue weighted by Crippen LogP contribution is -2.35. The zero-order chi connectivity index (χ0) is 31.2. The van der Waals surface area contributed by atoms with E-state index in [0.29, 0.717) is 73.9 Å². The van der Waals surface area contributed by atoms with Crippen LogP contribution in [0.25, 0.3) is 10.2 Å². The number of carbonyl (C=O) groups excluding carboxylic acids is 3. The molecule has 224 valence electrons. The predicted molar refractivity (Wildman–Crippen MR) is 171 cm³/mol. The van der Waals surface area contributed by atoms with Gasteiger partial charge in [-0.2, -0.15) is 5.26 Å². The Balaban J connectivity index is 1.16. The van der Waals surface area contributed by atoms with Crippen LogP contribution in [0.5, 0.6) is 11.5 Å². The summed E-state index contributed by atoms with van der Waals surface area (Å²) in [5, 5.41) is 16.1. The number of para-hydroxylation sites is 1. The van der Waals surface area contributed by atoms with E-state index in [4.69, 9.17) is 4.74 Å². The molecule has 11 heteroatoms. The summed E-state index contributed by atoms with van der Waals surface area (Å²) in [6, 6.07) is 18.4. The number of urea groups is 1. The van der Waals surface area contributed by atoms with Crippen LogP contribution >= 0.6 is 11.3 Å². The van der Waals surface area contributed by atoms with Crippen molar-refractivity contribution in [1.29, 1.82) is 5.26 Å². The molecule has 1 saturated carbocycles. The molecular weight excluding hydrogens is 588 g/mol. The molecule has 2 aliphatic heterocycles. The Labute approximate surface area is 263 Å². The first kappa shape index (κ1) is 28.3. The van der Waals surface area contributed by atoms with Crippen molar-refractivity contribution in [2.75, 3.05) is 16.8 Å². The number of benzene rings is 2. The maximum absolute atomic E-state index is 13.6. The summed E-state index contributed by atoms with van der Waals surface area (Å²) in [5.41, 5.74) is 3.87. The number of anilines is 3. The minimum atomic E-state index is -0.401. The number of aryl methyl sites for hydroxylation is 1. The highest BCUT2D eigenvalue weighted by Gasteiger charge is 2.35. The lowest BCUT2D eigenvalue weighted by atomic mass is 10.1. The van der Waals surface area contributed by atoms with Crippen molar-refractivity contribution in [3.63, 3.8) is 0 Å². The zero-order valence-corrected chi connectivity index (χ0v) is 25.4. The molecule has 2 N–H and O–H groups in total. The fraction of sp³-hybridized carbons (Fsp3) is 0.206. The Morgan fingerprint density at radius 3 is 2.64 bits per heavy atom. The first-order chi connectivity index (χ1) is 21.8. The molecule has 0 atom stereocenters. The number of ether oxygens (including phenoxy) is 1. The van der Waals surface area contributed by atoms with E-state index in [-0.39, 0.29) is 11.5 Å². The van der Waals surface area contributed by atoms with Gasteiger partial charge in [-0.3, -0.25) is 14.5 Å². The molecule has 0 saturated heterocycles. The molecule has 1 aliphatic carbocycles. The summed E-state index contributed by atoms with van der Waals surface area (Å²) in [6.45, 7) is 4.04. The van der Waals surface area contributed by atoms with Crippen LogP contribution in [-0.2, 0) is 4.79 Å². The molecule has 4 amide bonds. The fourth-order valence-corrected chi connectivity index (χ4v) is 6.70. The van der Waals surface area contributed by atoms with Crippen LogP contribution in [0.1, 0.15) is 41.4 Å². The van der Waals surface area contributed by atoms with Crippen molar-refractivity contribution in [2.45, 2.75) is 33.1 Å². The minimum absolute atomic E-state index is 0.137. The molecule has 0 spiro atoms. The third kappa shape index (κ3) is 5.19. The lowest BCUT2D eigenvalue weighted by molar-refractivity contribution is -0.124. The summed E-state index contributed by atoms with van der Waals surface area (Å²) in [7, 11) is 0. The van der Waals surface area contributed by atoms with Crippen LogP contribution in [0.15, 0.2) is 83.8 Å². The van der Waals surface area contributed by atoms with E-state index in [9.17, 15) is 19.6 Å². The smallest absolute Gasteiger partial charge is 0.331 e. The molecule has 1 fully saturated rings. The van der Waals surface area contributed by atoms with E-state index < -0.39 is 11.9 Å². The maximum Gasteiger partial charge on any atom is 0.331 e. The number of allylic oxidation sites excluding steroid dienone is 2. The van der Waals surface area contributed by atoms with Crippen LogP contribution in [-0.4, -0.2) is 34.3 Å². The number of pyridine rings is 1. The van der Waals surface area contributed by atoms with Gasteiger partial charge in [0.15, 0.2) is 0 Å². The van der Waals surface area contributed by atoms with Gasteiger partial charge >= 0.3 is 6.03 Å². The summed E-state index contributed by atoms with van der Waals surface area (Å²) in [4.78, 5) is 48.9. The van der Waals surface area contributed by atoms with Crippen LogP contribution in [0.2, 0.25) is 0 Å². The van der Waals surface area contributed by atoms with E-state index in [2.05, 4.69) is 15.6 Å². The molecule has 4 aromatic rings. The molecule has 2 aromatic heterocycles. The second kappa shape index (κ2) is 11.2. The van der Waals surface area contributed by atoms with Crippen LogP contribution in [0, 0.1) is 24.2 Å². The summed E-state index contributed by atoms with van der Waals surface area (Å²) in [6.07, 6.45) is 5.80. The zero-order valence-electron chi connectivity index (χ0n) is 24.6. The molecule has 4 heterocycles. The number of rotatable bonds is 7. The topological polar surface area (TPSA) is 128 Å². The number of aromatic nitrogens is 1. The molecule has 7 rings (SSSR count). The van der Waals surface area contributed by atoms with Gasteiger partial charge in [-0.1, -0.05) is 24.3 Å². The first-order valence-electron chi connectivity index (χ1n) is 14.6. The number of carbonyl (C=O) groups is 3. The van der Waals surface area contributed by atoms with E-state index >= 15 is 0 Å². The quantitative estimate of drug-likeness (QED) is 0.168. The molecule has 2 aromatic carbocycles. The van der Waals surface area contributed by atoms with E-state index in [1.165, 1.54) is 11.3 Å². The highest BCUT2D eigenvalue weighted by molar-refractivity contribution is 7.21. The second-order valence-corrected chi connectivity index (χ2v) is 12.2. The van der Waals surface area contributed by atoms with Gasteiger partial charge in [0.2, 0.25) is 0 Å². The van der Waals surface area contributed by atoms with Crippen molar-refractivity contribution in [2.24, 2.45) is 5.92 Å². The Morgan fingerprint density at radius 1 is 1.11 bits per heavy atom. The molecular formula is C34H28N6O4S. The van der Waals surface area contributed by atoms with Crippen molar-refractivity contribution in [3.05, 3.63) is 94.3 Å². The Bertz CT molecular complexity index is 2000. The average Bonchev–Trinajstić information content (AvgIpc) is 3.69. The number of nitrogens with one attached hydrogen (secondary N) is 2. The third-order valence-corrected chi connectivity index (χ3v) is 9.25. The molecule has 0 bridgehead atoms. The molecule has 0 radical (unpaired) electrons. The summed E-state index contributed by atoms with van der Waals surface area (Å²) < 4.78 is 5.97. The fourth-order valence-electron chi connectivity index (χ4n) is 5.69. The number of amides is 4.